The molecule has 0 bridgehead atoms. The standard InChI is InChI=1S/C13H22N4O/c1-3-6-18-13-7-12(15-10-16-13)14-8-11-4-5-17(2)9-11/h7,10-11H,3-6,8-9H2,1-2H3,(H,14,15,16). The molecule has 2 heterocycles. The Balaban J connectivity index is 1.81. The monoisotopic (exact) mass is 250 g/mol. The summed E-state index contributed by atoms with van der Waals surface area (Å²) in [5.41, 5.74) is 0. The smallest absolute Gasteiger partial charge is 0.218 e. The van der Waals surface area contributed by atoms with Gasteiger partial charge < -0.3 is 15.0 Å². The number of hydrogen-bond acceptors (Lipinski definition) is 5. The maximum absolute atomic E-state index is 5.49. The third-order valence-corrected chi connectivity index (χ3v) is 3.16. The van der Waals surface area contributed by atoms with E-state index in [9.17, 15) is 0 Å². The van der Waals surface area contributed by atoms with Crippen LogP contribution < -0.4 is 10.1 Å². The highest BCUT2D eigenvalue weighted by Crippen LogP contribution is 2.16. The fourth-order valence-electron chi connectivity index (χ4n) is 2.16. The van der Waals surface area contributed by atoms with E-state index in [0.717, 1.165) is 25.3 Å². The van der Waals surface area contributed by atoms with Gasteiger partial charge in [-0.05, 0) is 32.4 Å². The SMILES string of the molecule is CCCOc1cc(NCC2CCN(C)C2)ncn1. The summed E-state index contributed by atoms with van der Waals surface area (Å²) in [5, 5.41) is 3.37. The molecule has 1 aromatic heterocycles. The molecule has 0 amide bonds. The second kappa shape index (κ2) is 6.54. The number of anilines is 1. The summed E-state index contributed by atoms with van der Waals surface area (Å²) in [7, 11) is 2.17. The Kier molecular flexibility index (Phi) is 4.75. The lowest BCUT2D eigenvalue weighted by Crippen LogP contribution is -2.19. The second-order valence-corrected chi connectivity index (χ2v) is 4.89. The maximum atomic E-state index is 5.49. The molecule has 0 radical (unpaired) electrons. The van der Waals surface area contributed by atoms with E-state index in [1.54, 1.807) is 6.33 Å². The third kappa shape index (κ3) is 3.84. The Morgan fingerprint density at radius 1 is 1.50 bits per heavy atom. The van der Waals surface area contributed by atoms with Gasteiger partial charge >= 0.3 is 0 Å². The Bertz CT molecular complexity index is 372. The first-order chi connectivity index (χ1) is 8.78. The molecule has 1 aliphatic rings. The molecular formula is C13H22N4O. The van der Waals surface area contributed by atoms with Crippen LogP contribution in [0.5, 0.6) is 5.88 Å². The first-order valence-corrected chi connectivity index (χ1v) is 6.65. The molecule has 0 spiro atoms. The minimum absolute atomic E-state index is 0.651. The highest BCUT2D eigenvalue weighted by atomic mass is 16.5. The molecule has 5 nitrogen and oxygen atoms in total. The molecule has 0 aliphatic carbocycles. The largest absolute Gasteiger partial charge is 0.478 e. The number of rotatable bonds is 6. The van der Waals surface area contributed by atoms with Crippen molar-refractivity contribution in [2.24, 2.45) is 5.92 Å². The first-order valence-electron chi connectivity index (χ1n) is 6.65. The normalized spacial score (nSPS) is 20.0. The van der Waals surface area contributed by atoms with E-state index in [2.05, 4.69) is 34.2 Å². The Morgan fingerprint density at radius 3 is 3.11 bits per heavy atom. The van der Waals surface area contributed by atoms with E-state index in [4.69, 9.17) is 4.74 Å². The van der Waals surface area contributed by atoms with E-state index < -0.39 is 0 Å². The van der Waals surface area contributed by atoms with Crippen molar-refractivity contribution in [2.75, 3.05) is 38.6 Å². The van der Waals surface area contributed by atoms with Gasteiger partial charge in [-0.1, -0.05) is 6.92 Å². The topological polar surface area (TPSA) is 50.3 Å². The quantitative estimate of drug-likeness (QED) is 0.831. The molecule has 18 heavy (non-hydrogen) atoms. The van der Waals surface area contributed by atoms with Crippen LogP contribution in [0.3, 0.4) is 0 Å². The lowest BCUT2D eigenvalue weighted by atomic mass is 10.1. The molecule has 0 aromatic carbocycles. The van der Waals surface area contributed by atoms with E-state index in [1.165, 1.54) is 13.0 Å². The van der Waals surface area contributed by atoms with Crippen molar-refractivity contribution in [3.8, 4) is 5.88 Å². The van der Waals surface area contributed by atoms with E-state index in [1.807, 2.05) is 6.07 Å². The zero-order chi connectivity index (χ0) is 12.8. The highest BCUT2D eigenvalue weighted by Gasteiger charge is 2.18. The van der Waals surface area contributed by atoms with Gasteiger partial charge in [0, 0.05) is 19.2 Å². The van der Waals surface area contributed by atoms with Crippen LogP contribution in [-0.2, 0) is 0 Å². The van der Waals surface area contributed by atoms with E-state index in [0.29, 0.717) is 18.4 Å². The van der Waals surface area contributed by atoms with Crippen LogP contribution in [0.15, 0.2) is 12.4 Å². The fraction of sp³-hybridized carbons (Fsp3) is 0.692. The van der Waals surface area contributed by atoms with Crippen molar-refractivity contribution < 1.29 is 4.74 Å². The average Bonchev–Trinajstić information content (AvgIpc) is 2.80. The van der Waals surface area contributed by atoms with Gasteiger partial charge in [-0.2, -0.15) is 0 Å². The summed E-state index contributed by atoms with van der Waals surface area (Å²) >= 11 is 0. The summed E-state index contributed by atoms with van der Waals surface area (Å²) < 4.78 is 5.49. The van der Waals surface area contributed by atoms with Crippen LogP contribution in [0, 0.1) is 5.92 Å². The third-order valence-electron chi connectivity index (χ3n) is 3.16. The number of nitrogens with one attached hydrogen (secondary N) is 1. The summed E-state index contributed by atoms with van der Waals surface area (Å²) in [4.78, 5) is 10.7. The number of likely N-dealkylation sites (tertiary alicyclic amines) is 1. The predicted molar refractivity (Wildman–Crippen MR) is 71.9 cm³/mol. The number of ether oxygens (including phenoxy) is 1. The molecule has 100 valence electrons. The number of nitrogens with zero attached hydrogens (tertiary/aromatic N) is 3. The molecule has 1 atom stereocenters. The lowest BCUT2D eigenvalue weighted by Gasteiger charge is -2.12. The lowest BCUT2D eigenvalue weighted by molar-refractivity contribution is 0.305. The zero-order valence-electron chi connectivity index (χ0n) is 11.2. The summed E-state index contributed by atoms with van der Waals surface area (Å²) in [6.07, 6.45) is 3.79. The van der Waals surface area contributed by atoms with Gasteiger partial charge in [-0.15, -0.1) is 0 Å². The maximum Gasteiger partial charge on any atom is 0.218 e. The molecule has 1 unspecified atom stereocenters. The Labute approximate surface area is 109 Å². The average molecular weight is 250 g/mol. The van der Waals surface area contributed by atoms with Crippen molar-refractivity contribution in [1.29, 1.82) is 0 Å². The van der Waals surface area contributed by atoms with Gasteiger partial charge in [0.05, 0.1) is 6.61 Å². The molecule has 1 N–H and O–H groups in total. The van der Waals surface area contributed by atoms with E-state index >= 15 is 0 Å². The molecule has 0 saturated carbocycles. The molecular weight excluding hydrogens is 228 g/mol. The van der Waals surface area contributed by atoms with Gasteiger partial charge in [0.2, 0.25) is 5.88 Å². The van der Waals surface area contributed by atoms with Crippen LogP contribution in [0.2, 0.25) is 0 Å². The molecule has 1 aromatic rings. The summed E-state index contributed by atoms with van der Waals surface area (Å²) in [6, 6.07) is 1.87. The minimum Gasteiger partial charge on any atom is -0.478 e. The number of hydrogen-bond donors (Lipinski definition) is 1. The fourth-order valence-corrected chi connectivity index (χ4v) is 2.16. The van der Waals surface area contributed by atoms with Gasteiger partial charge in [0.1, 0.15) is 12.1 Å². The molecule has 2 rings (SSSR count). The van der Waals surface area contributed by atoms with Crippen LogP contribution in [-0.4, -0.2) is 48.2 Å². The molecule has 5 heteroatoms. The van der Waals surface area contributed by atoms with E-state index in [-0.39, 0.29) is 0 Å². The van der Waals surface area contributed by atoms with Crippen LogP contribution in [0.4, 0.5) is 5.82 Å². The first kappa shape index (κ1) is 13.1. The predicted octanol–water partition coefficient (Wildman–Crippen LogP) is 1.63. The number of aromatic nitrogens is 2. The minimum atomic E-state index is 0.651. The Morgan fingerprint density at radius 2 is 2.39 bits per heavy atom. The van der Waals surface area contributed by atoms with Crippen molar-refractivity contribution in [1.82, 2.24) is 14.9 Å². The van der Waals surface area contributed by atoms with Gasteiger partial charge in [0.15, 0.2) is 0 Å². The van der Waals surface area contributed by atoms with Gasteiger partial charge in [-0.3, -0.25) is 0 Å². The van der Waals surface area contributed by atoms with Crippen molar-refractivity contribution >= 4 is 5.82 Å². The Hall–Kier alpha value is -1.36. The van der Waals surface area contributed by atoms with Gasteiger partial charge in [-0.25, -0.2) is 9.97 Å². The molecule has 1 aliphatic heterocycles. The highest BCUT2D eigenvalue weighted by molar-refractivity contribution is 5.37. The van der Waals surface area contributed by atoms with Gasteiger partial charge in [0.25, 0.3) is 0 Å². The van der Waals surface area contributed by atoms with Crippen LogP contribution >= 0.6 is 0 Å². The second-order valence-electron chi connectivity index (χ2n) is 4.89. The molecule has 1 fully saturated rings. The van der Waals surface area contributed by atoms with Crippen molar-refractivity contribution in [3.63, 3.8) is 0 Å². The van der Waals surface area contributed by atoms with Crippen molar-refractivity contribution in [3.05, 3.63) is 12.4 Å². The summed E-state index contributed by atoms with van der Waals surface area (Å²) in [6.45, 7) is 6.10. The van der Waals surface area contributed by atoms with Crippen LogP contribution in [0.1, 0.15) is 19.8 Å². The van der Waals surface area contributed by atoms with Crippen molar-refractivity contribution in [2.45, 2.75) is 19.8 Å². The molecule has 1 saturated heterocycles. The van der Waals surface area contributed by atoms with Crippen LogP contribution in [0.25, 0.3) is 0 Å². The zero-order valence-corrected chi connectivity index (χ0v) is 11.2. The summed E-state index contributed by atoms with van der Waals surface area (Å²) in [5.74, 6) is 2.22.